The zero-order chi connectivity index (χ0) is 17.0. The lowest BCUT2D eigenvalue weighted by molar-refractivity contribution is 0.103. The number of benzene rings is 3. The number of fused-ring (bicyclic) bond motifs is 3. The van der Waals surface area contributed by atoms with Gasteiger partial charge in [0.25, 0.3) is 0 Å². The minimum atomic E-state index is -0.0551. The molecule has 1 heterocycles. The minimum Gasteiger partial charge on any atom is -0.354 e. The smallest absolute Gasteiger partial charge is 0.192 e. The Morgan fingerprint density at radius 1 is 0.800 bits per heavy atom. The summed E-state index contributed by atoms with van der Waals surface area (Å²) in [6, 6.07) is 24.4. The highest BCUT2D eigenvalue weighted by Crippen LogP contribution is 2.49. The van der Waals surface area contributed by atoms with Gasteiger partial charge in [0.2, 0.25) is 0 Å². The Morgan fingerprint density at radius 2 is 1.48 bits per heavy atom. The normalized spacial score (nSPS) is 17.6. The van der Waals surface area contributed by atoms with Crippen molar-refractivity contribution in [3.05, 3.63) is 105 Å². The van der Waals surface area contributed by atoms with E-state index in [2.05, 4.69) is 45.5 Å². The standard InChI is InChI=1S/C22H14BrNO/c23-14-11-9-13(10-12-14)19-17-7-3-4-8-18(17)24-21-15-5-1-2-6-16(15)22(25)20(19)21/h1-12,19,24H. The van der Waals surface area contributed by atoms with Crippen LogP contribution in [0.15, 0.2) is 82.8 Å². The molecule has 0 saturated carbocycles. The quantitative estimate of drug-likeness (QED) is 0.587. The second-order valence-electron chi connectivity index (χ2n) is 6.36. The number of rotatable bonds is 1. The van der Waals surface area contributed by atoms with Gasteiger partial charge in [-0.25, -0.2) is 0 Å². The second-order valence-corrected chi connectivity index (χ2v) is 7.28. The van der Waals surface area contributed by atoms with Crippen LogP contribution in [0.5, 0.6) is 0 Å². The van der Waals surface area contributed by atoms with Gasteiger partial charge < -0.3 is 5.32 Å². The van der Waals surface area contributed by atoms with Crippen molar-refractivity contribution < 1.29 is 4.79 Å². The molecule has 3 aromatic rings. The summed E-state index contributed by atoms with van der Waals surface area (Å²) in [7, 11) is 0. The Hall–Kier alpha value is -2.65. The van der Waals surface area contributed by atoms with Crippen molar-refractivity contribution in [3.8, 4) is 0 Å². The molecule has 1 aliphatic carbocycles. The molecular weight excluding hydrogens is 374 g/mol. The first kappa shape index (κ1) is 14.7. The van der Waals surface area contributed by atoms with Gasteiger partial charge in [-0.15, -0.1) is 0 Å². The van der Waals surface area contributed by atoms with Crippen LogP contribution in [0.25, 0.3) is 5.70 Å². The maximum atomic E-state index is 13.2. The number of hydrogen-bond donors (Lipinski definition) is 1. The summed E-state index contributed by atoms with van der Waals surface area (Å²) in [6.07, 6.45) is 0. The monoisotopic (exact) mass is 387 g/mol. The third-order valence-electron chi connectivity index (χ3n) is 4.98. The SMILES string of the molecule is O=C1C2=C(Nc3ccccc3C2c2ccc(Br)cc2)c2ccccc21. The molecule has 1 unspecified atom stereocenters. The molecule has 5 rings (SSSR count). The molecule has 1 aliphatic heterocycles. The summed E-state index contributed by atoms with van der Waals surface area (Å²) in [5, 5.41) is 3.51. The van der Waals surface area contributed by atoms with Gasteiger partial charge in [0, 0.05) is 32.8 Å². The lowest BCUT2D eigenvalue weighted by Crippen LogP contribution is -2.18. The summed E-state index contributed by atoms with van der Waals surface area (Å²) in [5.74, 6) is 0.0703. The number of para-hydroxylation sites is 1. The predicted molar refractivity (Wildman–Crippen MR) is 104 cm³/mol. The first-order valence-corrected chi connectivity index (χ1v) is 9.03. The Balaban J connectivity index is 1.78. The van der Waals surface area contributed by atoms with E-state index in [4.69, 9.17) is 0 Å². The predicted octanol–water partition coefficient (Wildman–Crippen LogP) is 5.61. The van der Waals surface area contributed by atoms with E-state index in [1.54, 1.807) is 0 Å². The van der Waals surface area contributed by atoms with Crippen LogP contribution >= 0.6 is 15.9 Å². The van der Waals surface area contributed by atoms with Gasteiger partial charge in [-0.2, -0.15) is 0 Å². The van der Waals surface area contributed by atoms with E-state index in [9.17, 15) is 4.79 Å². The van der Waals surface area contributed by atoms with E-state index in [-0.39, 0.29) is 11.7 Å². The first-order chi connectivity index (χ1) is 12.2. The van der Waals surface area contributed by atoms with Crippen LogP contribution in [0.3, 0.4) is 0 Å². The van der Waals surface area contributed by atoms with Crippen molar-refractivity contribution in [2.75, 3.05) is 5.32 Å². The molecule has 0 aromatic heterocycles. The molecule has 0 saturated heterocycles. The van der Waals surface area contributed by atoms with Gasteiger partial charge in [-0.3, -0.25) is 4.79 Å². The summed E-state index contributed by atoms with van der Waals surface area (Å²) in [5.41, 5.74) is 6.93. The molecule has 3 heteroatoms. The third-order valence-corrected chi connectivity index (χ3v) is 5.51. The van der Waals surface area contributed by atoms with Crippen molar-refractivity contribution in [1.29, 1.82) is 0 Å². The molecule has 1 N–H and O–H groups in total. The van der Waals surface area contributed by atoms with Crippen LogP contribution in [-0.4, -0.2) is 5.78 Å². The third kappa shape index (κ3) is 2.12. The lowest BCUT2D eigenvalue weighted by atomic mass is 9.80. The molecule has 25 heavy (non-hydrogen) atoms. The van der Waals surface area contributed by atoms with Gasteiger partial charge in [-0.05, 0) is 29.3 Å². The van der Waals surface area contributed by atoms with E-state index in [0.717, 1.165) is 43.7 Å². The number of ketones is 1. The number of allylic oxidation sites excluding steroid dienone is 1. The molecule has 2 nitrogen and oxygen atoms in total. The highest BCUT2D eigenvalue weighted by Gasteiger charge is 2.39. The summed E-state index contributed by atoms with van der Waals surface area (Å²) >= 11 is 3.50. The Kier molecular flexibility index (Phi) is 3.19. The van der Waals surface area contributed by atoms with Crippen molar-refractivity contribution in [1.82, 2.24) is 0 Å². The highest BCUT2D eigenvalue weighted by atomic mass is 79.9. The first-order valence-electron chi connectivity index (χ1n) is 8.24. The maximum absolute atomic E-state index is 13.2. The summed E-state index contributed by atoms with van der Waals surface area (Å²) in [4.78, 5) is 13.2. The minimum absolute atomic E-state index is 0.0551. The molecule has 1 atom stereocenters. The maximum Gasteiger partial charge on any atom is 0.192 e. The number of hydrogen-bond acceptors (Lipinski definition) is 2. The number of carbonyl (C=O) groups is 1. The van der Waals surface area contributed by atoms with Gasteiger partial charge >= 0.3 is 0 Å². The Morgan fingerprint density at radius 3 is 2.28 bits per heavy atom. The van der Waals surface area contributed by atoms with E-state index < -0.39 is 0 Å². The molecular formula is C22H14BrNO. The van der Waals surface area contributed by atoms with Crippen LogP contribution in [0.1, 0.15) is 33.0 Å². The average Bonchev–Trinajstić information content (AvgIpc) is 2.93. The Labute approximate surface area is 154 Å². The lowest BCUT2D eigenvalue weighted by Gasteiger charge is -2.28. The van der Waals surface area contributed by atoms with Crippen molar-refractivity contribution in [2.45, 2.75) is 5.92 Å². The van der Waals surface area contributed by atoms with Crippen molar-refractivity contribution >= 4 is 33.1 Å². The van der Waals surface area contributed by atoms with Crippen molar-refractivity contribution in [2.24, 2.45) is 0 Å². The van der Waals surface area contributed by atoms with Crippen LogP contribution in [0.2, 0.25) is 0 Å². The molecule has 0 radical (unpaired) electrons. The fourth-order valence-electron chi connectivity index (χ4n) is 3.87. The molecule has 0 amide bonds. The van der Waals surface area contributed by atoms with Gasteiger partial charge in [-0.1, -0.05) is 70.5 Å². The zero-order valence-corrected chi connectivity index (χ0v) is 14.9. The van der Waals surface area contributed by atoms with Crippen LogP contribution in [0.4, 0.5) is 5.69 Å². The summed E-state index contributed by atoms with van der Waals surface area (Å²) < 4.78 is 1.04. The van der Waals surface area contributed by atoms with Crippen LogP contribution in [-0.2, 0) is 0 Å². The number of Topliss-reactive ketones (excluding diaryl/α,β-unsaturated/α-hetero) is 1. The van der Waals surface area contributed by atoms with E-state index in [0.29, 0.717) is 0 Å². The Bertz CT molecular complexity index is 1050. The number of anilines is 1. The van der Waals surface area contributed by atoms with E-state index >= 15 is 0 Å². The fourth-order valence-corrected chi connectivity index (χ4v) is 4.13. The van der Waals surface area contributed by atoms with Crippen LogP contribution < -0.4 is 5.32 Å². The van der Waals surface area contributed by atoms with Crippen molar-refractivity contribution in [3.63, 3.8) is 0 Å². The zero-order valence-electron chi connectivity index (χ0n) is 13.3. The van der Waals surface area contributed by atoms with E-state index in [1.807, 2.05) is 48.5 Å². The number of carbonyl (C=O) groups excluding carboxylic acids is 1. The van der Waals surface area contributed by atoms with Gasteiger partial charge in [0.05, 0.1) is 5.70 Å². The molecule has 0 fully saturated rings. The van der Waals surface area contributed by atoms with E-state index in [1.165, 1.54) is 0 Å². The fraction of sp³-hybridized carbons (Fsp3) is 0.0455. The molecule has 3 aromatic carbocycles. The second kappa shape index (κ2) is 5.43. The largest absolute Gasteiger partial charge is 0.354 e. The molecule has 2 aliphatic rings. The number of nitrogens with one attached hydrogen (secondary N) is 1. The van der Waals surface area contributed by atoms with Crippen LogP contribution in [0, 0.1) is 0 Å². The molecule has 120 valence electrons. The average molecular weight is 388 g/mol. The van der Waals surface area contributed by atoms with Gasteiger partial charge in [0.1, 0.15) is 0 Å². The molecule has 0 spiro atoms. The topological polar surface area (TPSA) is 29.1 Å². The highest BCUT2D eigenvalue weighted by molar-refractivity contribution is 9.10. The summed E-state index contributed by atoms with van der Waals surface area (Å²) in [6.45, 7) is 0. The number of halogens is 1. The van der Waals surface area contributed by atoms with Gasteiger partial charge in [0.15, 0.2) is 5.78 Å². The molecule has 0 bridgehead atoms.